The number of nitrogen functional groups attached to an aromatic ring is 1. The number of nitriles is 1. The molecule has 10 heteroatoms. The van der Waals surface area contributed by atoms with Crippen LogP contribution in [0, 0.1) is 11.5 Å². The number of ether oxygens (including phenoxy) is 3. The third kappa shape index (κ3) is 3.63. The van der Waals surface area contributed by atoms with Crippen LogP contribution in [0.2, 0.25) is 0 Å². The average molecular weight is 482 g/mol. The Kier molecular flexibility index (Phi) is 5.66. The smallest absolute Gasteiger partial charge is 0.236 e. The van der Waals surface area contributed by atoms with Gasteiger partial charge in [-0.25, -0.2) is 4.98 Å². The van der Waals surface area contributed by atoms with E-state index >= 15 is 0 Å². The fourth-order valence-corrected chi connectivity index (χ4v) is 4.32. The second-order valence-electron chi connectivity index (χ2n) is 8.02. The van der Waals surface area contributed by atoms with Crippen LogP contribution in [0.1, 0.15) is 0 Å². The minimum atomic E-state index is 0.374. The Balaban J connectivity index is 1.88. The Labute approximate surface area is 206 Å². The van der Waals surface area contributed by atoms with Gasteiger partial charge in [0.05, 0.1) is 55.5 Å². The van der Waals surface area contributed by atoms with Crippen LogP contribution < -0.4 is 25.6 Å². The van der Waals surface area contributed by atoms with E-state index in [4.69, 9.17) is 19.9 Å². The van der Waals surface area contributed by atoms with Gasteiger partial charge in [0.15, 0.2) is 0 Å². The van der Waals surface area contributed by atoms with Gasteiger partial charge in [0.1, 0.15) is 11.5 Å². The SMILES string of the molecule is COc1cc(OC)cc(-n2c(=NC#N)n(C)c3cnc4ccc(-c5cnc(OC)c(N)c5)cc4c32)c1. The van der Waals surface area contributed by atoms with Crippen molar-refractivity contribution >= 4 is 27.6 Å². The highest BCUT2D eigenvalue weighted by Crippen LogP contribution is 2.33. The molecule has 3 heterocycles. The van der Waals surface area contributed by atoms with E-state index in [0.29, 0.717) is 28.7 Å². The Hall–Kier alpha value is -5.04. The number of benzene rings is 2. The zero-order valence-corrected chi connectivity index (χ0v) is 20.2. The molecule has 5 rings (SSSR count). The highest BCUT2D eigenvalue weighted by atomic mass is 16.5. The Morgan fingerprint density at radius 1 is 0.917 bits per heavy atom. The summed E-state index contributed by atoms with van der Waals surface area (Å²) >= 11 is 0. The summed E-state index contributed by atoms with van der Waals surface area (Å²) < 4.78 is 19.9. The van der Waals surface area contributed by atoms with Gasteiger partial charge in [-0.05, 0) is 23.8 Å². The number of methoxy groups -OCH3 is 3. The number of anilines is 1. The molecule has 0 unspecified atom stereocenters. The van der Waals surface area contributed by atoms with Gasteiger partial charge in [-0.3, -0.25) is 9.55 Å². The molecule has 5 aromatic rings. The van der Waals surface area contributed by atoms with Crippen molar-refractivity contribution in [2.24, 2.45) is 12.0 Å². The molecule has 0 saturated carbocycles. The molecule has 0 bridgehead atoms. The van der Waals surface area contributed by atoms with Crippen molar-refractivity contribution in [3.05, 3.63) is 60.5 Å². The lowest BCUT2D eigenvalue weighted by Crippen LogP contribution is -2.22. The van der Waals surface area contributed by atoms with Crippen LogP contribution in [-0.4, -0.2) is 40.4 Å². The van der Waals surface area contributed by atoms with Crippen LogP contribution in [0.3, 0.4) is 0 Å². The highest BCUT2D eigenvalue weighted by molar-refractivity contribution is 6.04. The van der Waals surface area contributed by atoms with Crippen molar-refractivity contribution in [3.63, 3.8) is 0 Å². The molecule has 0 aliphatic heterocycles. The van der Waals surface area contributed by atoms with Gasteiger partial charge >= 0.3 is 0 Å². The van der Waals surface area contributed by atoms with Gasteiger partial charge in [0.25, 0.3) is 0 Å². The Morgan fingerprint density at radius 3 is 2.31 bits per heavy atom. The number of rotatable bonds is 5. The molecule has 0 radical (unpaired) electrons. The number of pyridine rings is 2. The average Bonchev–Trinajstić information content (AvgIpc) is 3.19. The second-order valence-corrected chi connectivity index (χ2v) is 8.02. The first-order chi connectivity index (χ1) is 17.5. The number of hydrogen-bond donors (Lipinski definition) is 1. The fourth-order valence-electron chi connectivity index (χ4n) is 4.32. The van der Waals surface area contributed by atoms with Crippen LogP contribution in [-0.2, 0) is 7.05 Å². The van der Waals surface area contributed by atoms with E-state index in [1.54, 1.807) is 32.7 Å². The maximum absolute atomic E-state index is 9.48. The zero-order chi connectivity index (χ0) is 25.4. The maximum Gasteiger partial charge on any atom is 0.236 e. The first-order valence-electron chi connectivity index (χ1n) is 11.0. The van der Waals surface area contributed by atoms with Crippen LogP contribution >= 0.6 is 0 Å². The monoisotopic (exact) mass is 481 g/mol. The molecule has 0 saturated heterocycles. The van der Waals surface area contributed by atoms with Gasteiger partial charge in [0, 0.05) is 42.4 Å². The number of aryl methyl sites for hydroxylation is 1. The molecule has 2 N–H and O–H groups in total. The van der Waals surface area contributed by atoms with E-state index < -0.39 is 0 Å². The molecule has 10 nitrogen and oxygen atoms in total. The second kappa shape index (κ2) is 8.96. The predicted molar refractivity (Wildman–Crippen MR) is 136 cm³/mol. The molecular weight excluding hydrogens is 458 g/mol. The van der Waals surface area contributed by atoms with E-state index in [1.807, 2.05) is 58.8 Å². The third-order valence-corrected chi connectivity index (χ3v) is 6.06. The summed E-state index contributed by atoms with van der Waals surface area (Å²) in [6, 6.07) is 13.3. The molecular formula is C26H23N7O3. The molecule has 0 fully saturated rings. The molecule has 180 valence electrons. The lowest BCUT2D eigenvalue weighted by atomic mass is 10.0. The van der Waals surface area contributed by atoms with Crippen LogP contribution in [0.25, 0.3) is 38.8 Å². The van der Waals surface area contributed by atoms with Gasteiger partial charge in [0.2, 0.25) is 17.7 Å². The zero-order valence-electron chi connectivity index (χ0n) is 20.2. The minimum Gasteiger partial charge on any atom is -0.497 e. The molecule has 0 aliphatic rings. The van der Waals surface area contributed by atoms with E-state index in [1.165, 1.54) is 7.11 Å². The predicted octanol–water partition coefficient (Wildman–Crippen LogP) is 3.57. The highest BCUT2D eigenvalue weighted by Gasteiger charge is 2.18. The van der Waals surface area contributed by atoms with E-state index in [-0.39, 0.29) is 0 Å². The maximum atomic E-state index is 9.48. The van der Waals surface area contributed by atoms with Crippen molar-refractivity contribution in [1.82, 2.24) is 19.1 Å². The molecule has 2 aromatic carbocycles. The Bertz CT molecular complexity index is 1720. The van der Waals surface area contributed by atoms with Crippen molar-refractivity contribution in [2.75, 3.05) is 27.1 Å². The van der Waals surface area contributed by atoms with Gasteiger partial charge < -0.3 is 24.5 Å². The first-order valence-corrected chi connectivity index (χ1v) is 11.0. The van der Waals surface area contributed by atoms with Crippen molar-refractivity contribution in [3.8, 4) is 40.4 Å². The number of imidazole rings is 1. The fraction of sp³-hybridized carbons (Fsp3) is 0.154. The lowest BCUT2D eigenvalue weighted by Gasteiger charge is -2.12. The molecule has 36 heavy (non-hydrogen) atoms. The number of hydrogen-bond acceptors (Lipinski definition) is 8. The molecule has 0 atom stereocenters. The largest absolute Gasteiger partial charge is 0.497 e. The summed E-state index contributed by atoms with van der Waals surface area (Å²) in [5.41, 5.74) is 11.8. The minimum absolute atomic E-state index is 0.374. The van der Waals surface area contributed by atoms with Crippen LogP contribution in [0.5, 0.6) is 17.4 Å². The van der Waals surface area contributed by atoms with Gasteiger partial charge in [-0.15, -0.1) is 4.99 Å². The molecule has 0 aliphatic carbocycles. The summed E-state index contributed by atoms with van der Waals surface area (Å²) in [5.74, 6) is 1.59. The van der Waals surface area contributed by atoms with Gasteiger partial charge in [-0.1, -0.05) is 6.07 Å². The van der Waals surface area contributed by atoms with Crippen LogP contribution in [0.4, 0.5) is 5.69 Å². The summed E-state index contributed by atoms with van der Waals surface area (Å²) in [6.45, 7) is 0. The van der Waals surface area contributed by atoms with Crippen molar-refractivity contribution < 1.29 is 14.2 Å². The number of fused-ring (bicyclic) bond motifs is 3. The topological polar surface area (TPSA) is 126 Å². The number of nitrogens with zero attached hydrogens (tertiary/aromatic N) is 6. The van der Waals surface area contributed by atoms with Crippen molar-refractivity contribution in [1.29, 1.82) is 5.26 Å². The summed E-state index contributed by atoms with van der Waals surface area (Å²) in [5, 5.41) is 10.3. The normalized spacial score (nSPS) is 11.6. The third-order valence-electron chi connectivity index (χ3n) is 6.06. The summed E-state index contributed by atoms with van der Waals surface area (Å²) in [7, 11) is 6.56. The van der Waals surface area contributed by atoms with Crippen LogP contribution in [0.15, 0.2) is 59.9 Å². The lowest BCUT2D eigenvalue weighted by molar-refractivity contribution is 0.394. The molecule has 0 amide bonds. The van der Waals surface area contributed by atoms with E-state index in [9.17, 15) is 5.26 Å². The number of nitrogens with two attached hydrogens (primary N) is 1. The molecule has 3 aromatic heterocycles. The Morgan fingerprint density at radius 2 is 1.67 bits per heavy atom. The van der Waals surface area contributed by atoms with Crippen molar-refractivity contribution in [2.45, 2.75) is 0 Å². The number of aromatic nitrogens is 4. The quantitative estimate of drug-likeness (QED) is 0.380. The van der Waals surface area contributed by atoms with Gasteiger partial charge in [-0.2, -0.15) is 5.26 Å². The summed E-state index contributed by atoms with van der Waals surface area (Å²) in [6.07, 6.45) is 5.41. The summed E-state index contributed by atoms with van der Waals surface area (Å²) in [4.78, 5) is 13.1. The standard InChI is InChI=1S/C26H23N7O3/c1-32-23-13-29-22-6-5-15(16-8-21(28)25(36-4)30-12-16)7-20(22)24(23)33(26(32)31-14-27)17-9-18(34-2)11-19(10-17)35-3/h5-13H,28H2,1-4H3. The first kappa shape index (κ1) is 22.7. The van der Waals surface area contributed by atoms with E-state index in [0.717, 1.165) is 38.8 Å². The van der Waals surface area contributed by atoms with E-state index in [2.05, 4.69) is 15.0 Å². The molecule has 0 spiro atoms.